The Kier molecular flexibility index (Phi) is 4.44. The molecule has 0 amide bonds. The maximum absolute atomic E-state index is 13.8. The van der Waals surface area contributed by atoms with E-state index in [0.717, 1.165) is 4.47 Å². The molecule has 0 atom stereocenters. The molecule has 2 rings (SSSR count). The molecule has 104 valence electrons. The Hall–Kier alpha value is -1.82. The topological polar surface area (TPSA) is 46.1 Å². The summed E-state index contributed by atoms with van der Waals surface area (Å²) in [7, 11) is 1.73. The number of rotatable bonds is 4. The number of halogens is 2. The summed E-state index contributed by atoms with van der Waals surface area (Å²) in [5.74, 6) is 0.124. The number of Topliss-reactive ketones (excluding diaryl/α,β-unsaturated/α-hetero) is 1. The molecule has 1 aromatic heterocycles. The zero-order valence-corrected chi connectivity index (χ0v) is 12.7. The molecule has 0 aliphatic heterocycles. The third-order valence-corrected chi connectivity index (χ3v) is 3.17. The van der Waals surface area contributed by atoms with Crippen molar-refractivity contribution in [2.24, 2.45) is 0 Å². The molecule has 6 heteroatoms. The molecule has 4 nitrogen and oxygen atoms in total. The van der Waals surface area contributed by atoms with Crippen molar-refractivity contribution < 1.29 is 9.18 Å². The lowest BCUT2D eigenvalue weighted by Crippen LogP contribution is -2.25. The Morgan fingerprint density at radius 3 is 2.60 bits per heavy atom. The molecule has 0 unspecified atom stereocenters. The van der Waals surface area contributed by atoms with Gasteiger partial charge in [-0.25, -0.2) is 14.4 Å². The van der Waals surface area contributed by atoms with Crippen LogP contribution in [0, 0.1) is 5.82 Å². The molecule has 0 fully saturated rings. The first kappa shape index (κ1) is 14.6. The highest BCUT2D eigenvalue weighted by atomic mass is 79.9. The van der Waals surface area contributed by atoms with Crippen molar-refractivity contribution >= 4 is 27.7 Å². The van der Waals surface area contributed by atoms with E-state index in [2.05, 4.69) is 25.9 Å². The largest absolute Gasteiger partial charge is 0.337 e. The molecule has 20 heavy (non-hydrogen) atoms. The van der Waals surface area contributed by atoms with Gasteiger partial charge in [-0.1, -0.05) is 15.9 Å². The zero-order valence-electron chi connectivity index (χ0n) is 11.1. The quantitative estimate of drug-likeness (QED) is 0.860. The van der Waals surface area contributed by atoms with Gasteiger partial charge in [-0.05, 0) is 25.1 Å². The van der Waals surface area contributed by atoms with Gasteiger partial charge in [0.15, 0.2) is 0 Å². The van der Waals surface area contributed by atoms with Crippen LogP contribution in [-0.2, 0) is 4.79 Å². The highest BCUT2D eigenvalue weighted by Crippen LogP contribution is 2.25. The summed E-state index contributed by atoms with van der Waals surface area (Å²) in [6.45, 7) is 1.74. The van der Waals surface area contributed by atoms with Gasteiger partial charge in [-0.15, -0.1) is 0 Å². The van der Waals surface area contributed by atoms with Crippen LogP contribution in [0.15, 0.2) is 35.1 Å². The van der Waals surface area contributed by atoms with Gasteiger partial charge in [0.1, 0.15) is 11.6 Å². The van der Waals surface area contributed by atoms with E-state index in [0.29, 0.717) is 17.1 Å². The second-order valence-electron chi connectivity index (χ2n) is 4.45. The van der Waals surface area contributed by atoms with E-state index in [4.69, 9.17) is 0 Å². The van der Waals surface area contributed by atoms with Crippen LogP contribution in [0.1, 0.15) is 6.92 Å². The van der Waals surface area contributed by atoms with Crippen LogP contribution in [0.2, 0.25) is 0 Å². The minimum Gasteiger partial charge on any atom is -0.337 e. The van der Waals surface area contributed by atoms with E-state index >= 15 is 0 Å². The van der Waals surface area contributed by atoms with E-state index < -0.39 is 0 Å². The first-order chi connectivity index (χ1) is 9.47. The fourth-order valence-electron chi connectivity index (χ4n) is 1.78. The van der Waals surface area contributed by atoms with Crippen LogP contribution in [0.25, 0.3) is 11.1 Å². The first-order valence-corrected chi connectivity index (χ1v) is 6.74. The number of nitrogens with zero attached hydrogens (tertiary/aromatic N) is 3. The average molecular weight is 338 g/mol. The van der Waals surface area contributed by atoms with Crippen LogP contribution in [0.3, 0.4) is 0 Å². The molecule has 0 bridgehead atoms. The normalized spacial score (nSPS) is 10.4. The molecule has 0 aliphatic carbocycles. The summed E-state index contributed by atoms with van der Waals surface area (Å²) >= 11 is 3.31. The van der Waals surface area contributed by atoms with Crippen molar-refractivity contribution in [2.45, 2.75) is 6.92 Å². The van der Waals surface area contributed by atoms with Crippen LogP contribution in [-0.4, -0.2) is 29.3 Å². The van der Waals surface area contributed by atoms with Crippen molar-refractivity contribution in [2.75, 3.05) is 18.5 Å². The van der Waals surface area contributed by atoms with Gasteiger partial charge in [0.25, 0.3) is 0 Å². The van der Waals surface area contributed by atoms with Crippen molar-refractivity contribution in [3.05, 3.63) is 40.9 Å². The van der Waals surface area contributed by atoms with E-state index in [9.17, 15) is 9.18 Å². The standard InChI is InChI=1S/C14H13BrFN3O/c1-9(20)8-19(2)14-17-6-10(7-18-14)12-5-11(15)3-4-13(12)16/h3-7H,8H2,1-2H3. The molecule has 0 aliphatic rings. The summed E-state index contributed by atoms with van der Waals surface area (Å²) in [4.78, 5) is 21.0. The Morgan fingerprint density at radius 1 is 1.35 bits per heavy atom. The van der Waals surface area contributed by atoms with Gasteiger partial charge < -0.3 is 4.90 Å². The predicted molar refractivity (Wildman–Crippen MR) is 79.1 cm³/mol. The maximum atomic E-state index is 13.8. The van der Waals surface area contributed by atoms with Gasteiger partial charge in [0.2, 0.25) is 5.95 Å². The highest BCUT2D eigenvalue weighted by molar-refractivity contribution is 9.10. The number of hydrogen-bond donors (Lipinski definition) is 0. The maximum Gasteiger partial charge on any atom is 0.225 e. The number of hydrogen-bond acceptors (Lipinski definition) is 4. The molecule has 0 saturated carbocycles. The van der Waals surface area contributed by atoms with Gasteiger partial charge in [0, 0.05) is 35.0 Å². The van der Waals surface area contributed by atoms with Crippen molar-refractivity contribution in [1.82, 2.24) is 9.97 Å². The van der Waals surface area contributed by atoms with Crippen molar-refractivity contribution in [3.8, 4) is 11.1 Å². The van der Waals surface area contributed by atoms with Gasteiger partial charge in [-0.3, -0.25) is 4.79 Å². The number of carbonyl (C=O) groups excluding carboxylic acids is 1. The fraction of sp³-hybridized carbons (Fsp3) is 0.214. The lowest BCUT2D eigenvalue weighted by atomic mass is 10.1. The summed E-state index contributed by atoms with van der Waals surface area (Å²) in [6.07, 6.45) is 3.09. The Morgan fingerprint density at radius 2 is 2.00 bits per heavy atom. The van der Waals surface area contributed by atoms with Crippen LogP contribution >= 0.6 is 15.9 Å². The van der Waals surface area contributed by atoms with E-state index in [1.165, 1.54) is 13.0 Å². The molecule has 0 radical (unpaired) electrons. The number of anilines is 1. The second-order valence-corrected chi connectivity index (χ2v) is 5.37. The summed E-state index contributed by atoms with van der Waals surface area (Å²) < 4.78 is 14.5. The SMILES string of the molecule is CC(=O)CN(C)c1ncc(-c2cc(Br)ccc2F)cn1. The lowest BCUT2D eigenvalue weighted by molar-refractivity contribution is -0.115. The zero-order chi connectivity index (χ0) is 14.7. The minimum absolute atomic E-state index is 0.0261. The van der Waals surface area contributed by atoms with E-state index in [1.54, 1.807) is 36.5 Å². The van der Waals surface area contributed by atoms with Crippen molar-refractivity contribution in [3.63, 3.8) is 0 Å². The molecule has 1 aromatic carbocycles. The molecule has 0 spiro atoms. The molecule has 1 heterocycles. The van der Waals surface area contributed by atoms with E-state index in [-0.39, 0.29) is 18.1 Å². The number of ketones is 1. The summed E-state index contributed by atoms with van der Waals surface area (Å²) in [5, 5.41) is 0. The Labute approximate surface area is 124 Å². The lowest BCUT2D eigenvalue weighted by Gasteiger charge is -2.15. The van der Waals surface area contributed by atoms with Gasteiger partial charge >= 0.3 is 0 Å². The number of aromatic nitrogens is 2. The minimum atomic E-state index is -0.332. The third kappa shape index (κ3) is 3.39. The molecule has 2 aromatic rings. The Balaban J connectivity index is 2.28. The van der Waals surface area contributed by atoms with E-state index in [1.807, 2.05) is 0 Å². The number of carbonyl (C=O) groups is 1. The average Bonchev–Trinajstić information content (AvgIpc) is 2.41. The molecule has 0 N–H and O–H groups in total. The van der Waals surface area contributed by atoms with Crippen LogP contribution in [0.4, 0.5) is 10.3 Å². The van der Waals surface area contributed by atoms with Gasteiger partial charge in [-0.2, -0.15) is 0 Å². The van der Waals surface area contributed by atoms with Crippen LogP contribution < -0.4 is 4.90 Å². The monoisotopic (exact) mass is 337 g/mol. The van der Waals surface area contributed by atoms with Crippen LogP contribution in [0.5, 0.6) is 0 Å². The summed E-state index contributed by atoms with van der Waals surface area (Å²) in [5.41, 5.74) is 1.02. The Bertz CT molecular complexity index is 631. The number of benzene rings is 1. The first-order valence-electron chi connectivity index (χ1n) is 5.95. The highest BCUT2D eigenvalue weighted by Gasteiger charge is 2.10. The predicted octanol–water partition coefficient (Wildman–Crippen LogP) is 3.07. The number of likely N-dealkylation sites (N-methyl/N-ethyl adjacent to an activating group) is 1. The fourth-order valence-corrected chi connectivity index (χ4v) is 2.14. The summed E-state index contributed by atoms with van der Waals surface area (Å²) in [6, 6.07) is 4.69. The van der Waals surface area contributed by atoms with Crippen molar-refractivity contribution in [1.29, 1.82) is 0 Å². The third-order valence-electron chi connectivity index (χ3n) is 2.68. The molecular weight excluding hydrogens is 325 g/mol. The second kappa shape index (κ2) is 6.09. The smallest absolute Gasteiger partial charge is 0.225 e. The van der Waals surface area contributed by atoms with Gasteiger partial charge in [0.05, 0.1) is 6.54 Å². The molecular formula is C14H13BrFN3O. The molecule has 0 saturated heterocycles.